The van der Waals surface area contributed by atoms with E-state index in [-0.39, 0.29) is 0 Å². The van der Waals surface area contributed by atoms with Gasteiger partial charge in [-0.15, -0.1) is 0 Å². The Morgan fingerprint density at radius 2 is 1.87 bits per heavy atom. The molecule has 0 aliphatic heterocycles. The molecular formula is C11H14N2O2. The van der Waals surface area contributed by atoms with Crippen molar-refractivity contribution in [2.75, 3.05) is 14.2 Å². The Morgan fingerprint density at radius 3 is 2.47 bits per heavy atom. The van der Waals surface area contributed by atoms with E-state index in [2.05, 4.69) is 17.1 Å². The van der Waals surface area contributed by atoms with Gasteiger partial charge in [0.1, 0.15) is 0 Å². The summed E-state index contributed by atoms with van der Waals surface area (Å²) in [5, 5.41) is 8.31. The van der Waals surface area contributed by atoms with Gasteiger partial charge in [-0.3, -0.25) is 5.10 Å². The largest absolute Gasteiger partial charge is 0.493 e. The van der Waals surface area contributed by atoms with Gasteiger partial charge in [0, 0.05) is 17.1 Å². The van der Waals surface area contributed by atoms with Crippen molar-refractivity contribution in [1.82, 2.24) is 10.2 Å². The zero-order valence-electron chi connectivity index (χ0n) is 9.13. The standard InChI is InChI=1S/C11H14N2O2/c1-4-8-7-5-10(14-2)11(15-3)6-9(7)13-12-8/h5-6H,4H2,1-3H3,(H,12,13). The van der Waals surface area contributed by atoms with Crippen molar-refractivity contribution < 1.29 is 9.47 Å². The maximum absolute atomic E-state index is 5.25. The molecule has 4 heteroatoms. The molecule has 2 rings (SSSR count). The number of nitrogens with zero attached hydrogens (tertiary/aromatic N) is 1. The topological polar surface area (TPSA) is 47.1 Å². The maximum atomic E-state index is 5.25. The van der Waals surface area contributed by atoms with Crippen LogP contribution in [0.1, 0.15) is 12.6 Å². The highest BCUT2D eigenvalue weighted by molar-refractivity contribution is 5.85. The molecule has 0 atom stereocenters. The van der Waals surface area contributed by atoms with Gasteiger partial charge in [-0.1, -0.05) is 6.92 Å². The fourth-order valence-corrected chi connectivity index (χ4v) is 1.66. The SMILES string of the molecule is CCc1[nH]nc2cc(OC)c(OC)cc12. The van der Waals surface area contributed by atoms with Crippen LogP contribution in [0.5, 0.6) is 11.5 Å². The Kier molecular flexibility index (Phi) is 2.49. The molecule has 0 aliphatic rings. The van der Waals surface area contributed by atoms with Crippen molar-refractivity contribution in [2.45, 2.75) is 13.3 Å². The zero-order chi connectivity index (χ0) is 10.8. The summed E-state index contributed by atoms with van der Waals surface area (Å²) in [5.74, 6) is 1.44. The predicted octanol–water partition coefficient (Wildman–Crippen LogP) is 2.14. The molecule has 0 radical (unpaired) electrons. The second-order valence-electron chi connectivity index (χ2n) is 3.28. The lowest BCUT2D eigenvalue weighted by Gasteiger charge is -2.06. The number of rotatable bonds is 3. The third kappa shape index (κ3) is 1.52. The molecule has 0 amide bonds. The lowest BCUT2D eigenvalue weighted by atomic mass is 10.1. The number of fused-ring (bicyclic) bond motifs is 1. The van der Waals surface area contributed by atoms with Crippen molar-refractivity contribution >= 4 is 10.9 Å². The number of hydrogen-bond donors (Lipinski definition) is 1. The number of aryl methyl sites for hydroxylation is 1. The van der Waals surface area contributed by atoms with Gasteiger partial charge in [0.2, 0.25) is 0 Å². The molecular weight excluding hydrogens is 192 g/mol. The van der Waals surface area contributed by atoms with Gasteiger partial charge in [-0.05, 0) is 12.5 Å². The van der Waals surface area contributed by atoms with Crippen LogP contribution in [-0.4, -0.2) is 24.4 Å². The molecule has 0 saturated carbocycles. The maximum Gasteiger partial charge on any atom is 0.162 e. The Hall–Kier alpha value is -1.71. The number of ether oxygens (including phenoxy) is 2. The summed E-state index contributed by atoms with van der Waals surface area (Å²) in [6, 6.07) is 3.83. The van der Waals surface area contributed by atoms with Gasteiger partial charge in [0.25, 0.3) is 0 Å². The molecule has 2 aromatic rings. The minimum absolute atomic E-state index is 0.708. The van der Waals surface area contributed by atoms with E-state index in [1.54, 1.807) is 14.2 Å². The minimum atomic E-state index is 0.708. The van der Waals surface area contributed by atoms with Crippen LogP contribution in [0.25, 0.3) is 10.9 Å². The second kappa shape index (κ2) is 3.81. The number of aromatic amines is 1. The van der Waals surface area contributed by atoms with E-state index in [1.165, 1.54) is 0 Å². The molecule has 1 aromatic heterocycles. The Bertz CT molecular complexity index is 477. The molecule has 0 saturated heterocycles. The van der Waals surface area contributed by atoms with Crippen molar-refractivity contribution in [3.63, 3.8) is 0 Å². The van der Waals surface area contributed by atoms with E-state index in [9.17, 15) is 0 Å². The Labute approximate surface area is 88.2 Å². The van der Waals surface area contributed by atoms with Gasteiger partial charge < -0.3 is 9.47 Å². The van der Waals surface area contributed by atoms with E-state index in [0.29, 0.717) is 5.75 Å². The first-order valence-corrected chi connectivity index (χ1v) is 4.89. The van der Waals surface area contributed by atoms with E-state index in [0.717, 1.165) is 28.8 Å². The van der Waals surface area contributed by atoms with Crippen molar-refractivity contribution in [3.05, 3.63) is 17.8 Å². The molecule has 80 valence electrons. The van der Waals surface area contributed by atoms with E-state index in [4.69, 9.17) is 9.47 Å². The lowest BCUT2D eigenvalue weighted by Crippen LogP contribution is -1.90. The first-order valence-electron chi connectivity index (χ1n) is 4.89. The lowest BCUT2D eigenvalue weighted by molar-refractivity contribution is 0.356. The highest BCUT2D eigenvalue weighted by Gasteiger charge is 2.10. The molecule has 0 fully saturated rings. The van der Waals surface area contributed by atoms with Crippen LogP contribution in [0.15, 0.2) is 12.1 Å². The smallest absolute Gasteiger partial charge is 0.162 e. The number of H-pyrrole nitrogens is 1. The minimum Gasteiger partial charge on any atom is -0.493 e. The highest BCUT2D eigenvalue weighted by Crippen LogP contribution is 2.32. The van der Waals surface area contributed by atoms with E-state index >= 15 is 0 Å². The van der Waals surface area contributed by atoms with Crippen molar-refractivity contribution in [2.24, 2.45) is 0 Å². The van der Waals surface area contributed by atoms with Crippen LogP contribution in [0.4, 0.5) is 0 Å². The van der Waals surface area contributed by atoms with Crippen LogP contribution in [0.2, 0.25) is 0 Å². The number of benzene rings is 1. The van der Waals surface area contributed by atoms with Gasteiger partial charge in [0.05, 0.1) is 19.7 Å². The summed E-state index contributed by atoms with van der Waals surface area (Å²) in [6.07, 6.45) is 0.923. The molecule has 4 nitrogen and oxygen atoms in total. The molecule has 1 heterocycles. The Morgan fingerprint density at radius 1 is 1.20 bits per heavy atom. The van der Waals surface area contributed by atoms with E-state index < -0.39 is 0 Å². The predicted molar refractivity (Wildman–Crippen MR) is 58.6 cm³/mol. The fourth-order valence-electron chi connectivity index (χ4n) is 1.66. The van der Waals surface area contributed by atoms with Crippen LogP contribution >= 0.6 is 0 Å². The number of nitrogens with one attached hydrogen (secondary N) is 1. The average Bonchev–Trinajstić information content (AvgIpc) is 2.68. The fraction of sp³-hybridized carbons (Fsp3) is 0.364. The number of aromatic nitrogens is 2. The summed E-state index contributed by atoms with van der Waals surface area (Å²) < 4.78 is 10.5. The third-order valence-corrected chi connectivity index (χ3v) is 2.49. The summed E-state index contributed by atoms with van der Waals surface area (Å²) >= 11 is 0. The first-order chi connectivity index (χ1) is 7.30. The number of methoxy groups -OCH3 is 2. The normalized spacial score (nSPS) is 10.6. The van der Waals surface area contributed by atoms with E-state index in [1.807, 2.05) is 12.1 Å². The molecule has 0 unspecified atom stereocenters. The molecule has 0 spiro atoms. The quantitative estimate of drug-likeness (QED) is 0.836. The van der Waals surface area contributed by atoms with Crippen molar-refractivity contribution in [1.29, 1.82) is 0 Å². The molecule has 0 aliphatic carbocycles. The summed E-state index contributed by atoms with van der Waals surface area (Å²) in [5.41, 5.74) is 2.02. The zero-order valence-corrected chi connectivity index (χ0v) is 9.13. The highest BCUT2D eigenvalue weighted by atomic mass is 16.5. The van der Waals surface area contributed by atoms with Crippen LogP contribution in [0, 0.1) is 0 Å². The molecule has 0 bridgehead atoms. The summed E-state index contributed by atoms with van der Waals surface area (Å²) in [7, 11) is 3.26. The van der Waals surface area contributed by atoms with Crippen molar-refractivity contribution in [3.8, 4) is 11.5 Å². The summed E-state index contributed by atoms with van der Waals surface area (Å²) in [6.45, 7) is 2.09. The van der Waals surface area contributed by atoms with Crippen LogP contribution in [-0.2, 0) is 6.42 Å². The van der Waals surface area contributed by atoms with Gasteiger partial charge in [-0.2, -0.15) is 5.10 Å². The third-order valence-electron chi connectivity index (χ3n) is 2.49. The van der Waals surface area contributed by atoms with Gasteiger partial charge in [0.15, 0.2) is 11.5 Å². The Balaban J connectivity index is 2.66. The second-order valence-corrected chi connectivity index (χ2v) is 3.28. The van der Waals surface area contributed by atoms with Gasteiger partial charge >= 0.3 is 0 Å². The molecule has 1 N–H and O–H groups in total. The molecule has 1 aromatic carbocycles. The van der Waals surface area contributed by atoms with Crippen LogP contribution < -0.4 is 9.47 Å². The first kappa shape index (κ1) is 9.83. The molecule has 15 heavy (non-hydrogen) atoms. The average molecular weight is 206 g/mol. The summed E-state index contributed by atoms with van der Waals surface area (Å²) in [4.78, 5) is 0. The number of hydrogen-bond acceptors (Lipinski definition) is 3. The monoisotopic (exact) mass is 206 g/mol. The van der Waals surface area contributed by atoms with Crippen LogP contribution in [0.3, 0.4) is 0 Å². The van der Waals surface area contributed by atoms with Gasteiger partial charge in [-0.25, -0.2) is 0 Å².